The van der Waals surface area contributed by atoms with Crippen LogP contribution in [-0.2, 0) is 13.1 Å². The molecule has 0 unspecified atom stereocenters. The molecule has 0 aromatic carbocycles. The molecule has 2 aromatic rings. The smallest absolute Gasteiger partial charge is 0.0794 e. The van der Waals surface area contributed by atoms with Crippen LogP contribution in [0.5, 0.6) is 0 Å². The van der Waals surface area contributed by atoms with E-state index in [2.05, 4.69) is 15.4 Å². The van der Waals surface area contributed by atoms with Crippen LogP contribution in [0.4, 0.5) is 0 Å². The summed E-state index contributed by atoms with van der Waals surface area (Å²) < 4.78 is 1.95. The Balaban J connectivity index is 1.67. The quantitative estimate of drug-likeness (QED) is 0.778. The highest BCUT2D eigenvalue weighted by Crippen LogP contribution is 2.03. The Morgan fingerprint density at radius 2 is 2.40 bits per heavy atom. The van der Waals surface area contributed by atoms with Crippen LogP contribution in [0.2, 0.25) is 0 Å². The van der Waals surface area contributed by atoms with E-state index in [1.165, 1.54) is 10.4 Å². The normalized spacial score (nSPS) is 10.7. The van der Waals surface area contributed by atoms with Crippen LogP contribution in [0.3, 0.4) is 0 Å². The SMILES string of the molecule is Cc1cnn(CCNCc2cncs2)c1. The Labute approximate surface area is 93.0 Å². The van der Waals surface area contributed by atoms with Crippen molar-refractivity contribution < 1.29 is 0 Å². The van der Waals surface area contributed by atoms with E-state index < -0.39 is 0 Å². The van der Waals surface area contributed by atoms with Crippen molar-refractivity contribution in [3.8, 4) is 0 Å². The van der Waals surface area contributed by atoms with Gasteiger partial charge in [0.2, 0.25) is 0 Å². The molecule has 1 N–H and O–H groups in total. The number of nitrogens with zero attached hydrogens (tertiary/aromatic N) is 3. The highest BCUT2D eigenvalue weighted by molar-refractivity contribution is 7.09. The molecule has 0 saturated carbocycles. The molecule has 2 aromatic heterocycles. The summed E-state index contributed by atoms with van der Waals surface area (Å²) in [7, 11) is 0. The standard InChI is InChI=1S/C10H14N4S/c1-9-4-13-14(7-9)3-2-11-5-10-6-12-8-15-10/h4,6-8,11H,2-3,5H2,1H3. The van der Waals surface area contributed by atoms with Gasteiger partial charge in [0.25, 0.3) is 0 Å². The highest BCUT2D eigenvalue weighted by Gasteiger charge is 1.95. The van der Waals surface area contributed by atoms with Crippen LogP contribution in [0.1, 0.15) is 10.4 Å². The zero-order valence-corrected chi connectivity index (χ0v) is 9.50. The maximum absolute atomic E-state index is 4.22. The van der Waals surface area contributed by atoms with Crippen LogP contribution in [0.25, 0.3) is 0 Å². The average Bonchev–Trinajstić information content (AvgIpc) is 2.84. The molecule has 5 heteroatoms. The van der Waals surface area contributed by atoms with Gasteiger partial charge in [0, 0.05) is 30.4 Å². The minimum absolute atomic E-state index is 0.894. The van der Waals surface area contributed by atoms with Gasteiger partial charge in [-0.3, -0.25) is 9.67 Å². The number of hydrogen-bond acceptors (Lipinski definition) is 4. The van der Waals surface area contributed by atoms with E-state index in [-0.39, 0.29) is 0 Å². The van der Waals surface area contributed by atoms with Gasteiger partial charge in [-0.25, -0.2) is 0 Å². The first-order chi connectivity index (χ1) is 7.34. The molecule has 0 atom stereocenters. The summed E-state index contributed by atoms with van der Waals surface area (Å²) in [5.74, 6) is 0. The summed E-state index contributed by atoms with van der Waals surface area (Å²) >= 11 is 1.68. The topological polar surface area (TPSA) is 42.7 Å². The molecule has 0 bridgehead atoms. The fraction of sp³-hybridized carbons (Fsp3) is 0.400. The zero-order chi connectivity index (χ0) is 10.5. The molecule has 0 amide bonds. The average molecular weight is 222 g/mol. The molecular formula is C10H14N4S. The predicted octanol–water partition coefficient (Wildman–Crippen LogP) is 1.44. The molecule has 2 heterocycles. The number of aromatic nitrogens is 3. The number of rotatable bonds is 5. The Hall–Kier alpha value is -1.20. The molecule has 0 spiro atoms. The van der Waals surface area contributed by atoms with Gasteiger partial charge in [-0.15, -0.1) is 11.3 Å². The maximum Gasteiger partial charge on any atom is 0.0794 e. The summed E-state index contributed by atoms with van der Waals surface area (Å²) in [5.41, 5.74) is 3.06. The van der Waals surface area contributed by atoms with E-state index in [1.807, 2.05) is 35.7 Å². The molecule has 0 aliphatic carbocycles. The Bertz CT molecular complexity index is 393. The summed E-state index contributed by atoms with van der Waals surface area (Å²) in [6, 6.07) is 0. The second-order valence-corrected chi connectivity index (χ2v) is 4.40. The van der Waals surface area contributed by atoms with Gasteiger partial charge in [0.1, 0.15) is 0 Å². The predicted molar refractivity (Wildman–Crippen MR) is 60.8 cm³/mol. The molecule has 0 aliphatic rings. The van der Waals surface area contributed by atoms with Gasteiger partial charge in [0.15, 0.2) is 0 Å². The monoisotopic (exact) mass is 222 g/mol. The van der Waals surface area contributed by atoms with Gasteiger partial charge in [-0.1, -0.05) is 0 Å². The second kappa shape index (κ2) is 5.04. The molecule has 15 heavy (non-hydrogen) atoms. The van der Waals surface area contributed by atoms with E-state index in [4.69, 9.17) is 0 Å². The van der Waals surface area contributed by atoms with Gasteiger partial charge in [-0.05, 0) is 12.5 Å². The third kappa shape index (κ3) is 3.14. The van der Waals surface area contributed by atoms with E-state index in [0.717, 1.165) is 19.6 Å². The summed E-state index contributed by atoms with van der Waals surface area (Å²) in [6.45, 7) is 4.78. The third-order valence-corrected chi connectivity index (χ3v) is 2.84. The van der Waals surface area contributed by atoms with Crippen molar-refractivity contribution in [3.05, 3.63) is 34.5 Å². The van der Waals surface area contributed by atoms with Crippen LogP contribution in [0.15, 0.2) is 24.1 Å². The van der Waals surface area contributed by atoms with E-state index >= 15 is 0 Å². The first-order valence-electron chi connectivity index (χ1n) is 4.92. The zero-order valence-electron chi connectivity index (χ0n) is 8.68. The lowest BCUT2D eigenvalue weighted by molar-refractivity contribution is 0.556. The number of thiazole rings is 1. The van der Waals surface area contributed by atoms with Crippen molar-refractivity contribution in [2.45, 2.75) is 20.0 Å². The van der Waals surface area contributed by atoms with Crippen molar-refractivity contribution in [2.24, 2.45) is 0 Å². The molecular weight excluding hydrogens is 208 g/mol. The van der Waals surface area contributed by atoms with Gasteiger partial charge < -0.3 is 5.32 Å². The third-order valence-electron chi connectivity index (χ3n) is 2.06. The lowest BCUT2D eigenvalue weighted by Gasteiger charge is -2.02. The molecule has 0 radical (unpaired) electrons. The second-order valence-electron chi connectivity index (χ2n) is 3.43. The maximum atomic E-state index is 4.22. The lowest BCUT2D eigenvalue weighted by atomic mass is 10.4. The lowest BCUT2D eigenvalue weighted by Crippen LogP contribution is -2.19. The van der Waals surface area contributed by atoms with Gasteiger partial charge >= 0.3 is 0 Å². The summed E-state index contributed by atoms with van der Waals surface area (Å²) in [4.78, 5) is 5.29. The largest absolute Gasteiger partial charge is 0.310 e. The van der Waals surface area contributed by atoms with E-state index in [0.29, 0.717) is 0 Å². The summed E-state index contributed by atoms with van der Waals surface area (Å²) in [6.07, 6.45) is 5.83. The number of hydrogen-bond donors (Lipinski definition) is 1. The number of aryl methyl sites for hydroxylation is 1. The van der Waals surface area contributed by atoms with E-state index in [9.17, 15) is 0 Å². The van der Waals surface area contributed by atoms with Gasteiger partial charge in [-0.2, -0.15) is 5.10 Å². The molecule has 4 nitrogen and oxygen atoms in total. The number of nitrogens with one attached hydrogen (secondary N) is 1. The molecule has 2 rings (SSSR count). The van der Waals surface area contributed by atoms with Crippen molar-refractivity contribution in [2.75, 3.05) is 6.54 Å². The van der Waals surface area contributed by atoms with Crippen LogP contribution >= 0.6 is 11.3 Å². The van der Waals surface area contributed by atoms with Crippen molar-refractivity contribution >= 4 is 11.3 Å². The van der Waals surface area contributed by atoms with E-state index in [1.54, 1.807) is 11.3 Å². The fourth-order valence-corrected chi connectivity index (χ4v) is 1.89. The Kier molecular flexibility index (Phi) is 3.47. The van der Waals surface area contributed by atoms with Crippen molar-refractivity contribution in [1.82, 2.24) is 20.1 Å². The summed E-state index contributed by atoms with van der Waals surface area (Å²) in [5, 5.41) is 7.57. The van der Waals surface area contributed by atoms with Gasteiger partial charge in [0.05, 0.1) is 18.3 Å². The van der Waals surface area contributed by atoms with Crippen LogP contribution in [-0.4, -0.2) is 21.3 Å². The molecule has 80 valence electrons. The minimum Gasteiger partial charge on any atom is -0.310 e. The highest BCUT2D eigenvalue weighted by atomic mass is 32.1. The first kappa shape index (κ1) is 10.3. The van der Waals surface area contributed by atoms with Crippen LogP contribution < -0.4 is 5.32 Å². The van der Waals surface area contributed by atoms with Crippen LogP contribution in [0, 0.1) is 6.92 Å². The molecule has 0 fully saturated rings. The molecule has 0 aliphatic heterocycles. The first-order valence-corrected chi connectivity index (χ1v) is 5.80. The van der Waals surface area contributed by atoms with Crippen molar-refractivity contribution in [1.29, 1.82) is 0 Å². The molecule has 0 saturated heterocycles. The fourth-order valence-electron chi connectivity index (χ4n) is 1.32. The Morgan fingerprint density at radius 1 is 1.47 bits per heavy atom. The van der Waals surface area contributed by atoms with Crippen molar-refractivity contribution in [3.63, 3.8) is 0 Å². The Morgan fingerprint density at radius 3 is 3.07 bits per heavy atom. The minimum atomic E-state index is 0.894.